The van der Waals surface area contributed by atoms with Crippen LogP contribution in [0, 0.1) is 11.6 Å². The molecule has 0 fully saturated rings. The van der Waals surface area contributed by atoms with Gasteiger partial charge in [-0.05, 0) is 54.7 Å². The number of ether oxygens (including phenoxy) is 1. The number of rotatable bonds is 13. The summed E-state index contributed by atoms with van der Waals surface area (Å²) in [6, 6.07) is 17.9. The Morgan fingerprint density at radius 3 is 2.39 bits per heavy atom. The molecule has 3 aromatic carbocycles. The van der Waals surface area contributed by atoms with Crippen molar-refractivity contribution in [3.8, 4) is 5.75 Å². The van der Waals surface area contributed by atoms with E-state index in [0.29, 0.717) is 24.5 Å². The lowest BCUT2D eigenvalue weighted by atomic mass is 10.00. The van der Waals surface area contributed by atoms with Crippen molar-refractivity contribution in [1.82, 2.24) is 10.6 Å². The lowest BCUT2D eigenvalue weighted by Crippen LogP contribution is -2.49. The second-order valence-electron chi connectivity index (χ2n) is 8.75. The van der Waals surface area contributed by atoms with Crippen molar-refractivity contribution in [3.05, 3.63) is 101 Å². The number of halogens is 2. The number of carbonyl (C=O) groups is 1. The van der Waals surface area contributed by atoms with E-state index >= 15 is 0 Å². The molecule has 0 unspecified atom stereocenters. The number of amides is 1. The van der Waals surface area contributed by atoms with Crippen LogP contribution in [0.3, 0.4) is 0 Å². The maximum absolute atomic E-state index is 13.8. The van der Waals surface area contributed by atoms with E-state index in [4.69, 9.17) is 4.74 Å². The van der Waals surface area contributed by atoms with Crippen molar-refractivity contribution >= 4 is 5.91 Å². The van der Waals surface area contributed by atoms with E-state index in [9.17, 15) is 18.7 Å². The van der Waals surface area contributed by atoms with Crippen LogP contribution in [0.15, 0.2) is 66.7 Å². The number of para-hydroxylation sites is 1. The number of aliphatic hydroxyl groups is 1. The molecule has 0 heterocycles. The second kappa shape index (κ2) is 13.7. The van der Waals surface area contributed by atoms with Crippen LogP contribution in [0.4, 0.5) is 8.78 Å². The fraction of sp³-hybridized carbons (Fsp3) is 0.345. The van der Waals surface area contributed by atoms with Gasteiger partial charge in [0, 0.05) is 24.7 Å². The van der Waals surface area contributed by atoms with Crippen LogP contribution in [-0.2, 0) is 30.6 Å². The van der Waals surface area contributed by atoms with Crippen molar-refractivity contribution in [2.45, 2.75) is 51.8 Å². The minimum absolute atomic E-state index is 0.0497. The molecule has 192 valence electrons. The van der Waals surface area contributed by atoms with Crippen molar-refractivity contribution in [2.75, 3.05) is 13.2 Å². The number of hydrogen-bond acceptors (Lipinski definition) is 4. The van der Waals surface area contributed by atoms with Gasteiger partial charge in [-0.2, -0.15) is 0 Å². The SMILES string of the molecule is CCOc1ccccc1CC(=O)N[C@@H](Cc1cc(F)cc(F)c1)[C@H](O)CNCc1cccc(CC)c1. The zero-order chi connectivity index (χ0) is 25.9. The van der Waals surface area contributed by atoms with Gasteiger partial charge in [-0.1, -0.05) is 49.4 Å². The van der Waals surface area contributed by atoms with Gasteiger partial charge in [0.1, 0.15) is 17.4 Å². The Kier molecular flexibility index (Phi) is 10.4. The second-order valence-corrected chi connectivity index (χ2v) is 8.75. The summed E-state index contributed by atoms with van der Waals surface area (Å²) in [5.41, 5.74) is 3.38. The Labute approximate surface area is 211 Å². The first kappa shape index (κ1) is 27.3. The van der Waals surface area contributed by atoms with Gasteiger partial charge in [-0.15, -0.1) is 0 Å². The lowest BCUT2D eigenvalue weighted by Gasteiger charge is -2.25. The summed E-state index contributed by atoms with van der Waals surface area (Å²) in [6.07, 6.45) is 0.0635. The first-order valence-electron chi connectivity index (χ1n) is 12.3. The zero-order valence-corrected chi connectivity index (χ0v) is 20.8. The zero-order valence-electron chi connectivity index (χ0n) is 20.8. The van der Waals surface area contributed by atoms with Crippen LogP contribution < -0.4 is 15.4 Å². The fourth-order valence-electron chi connectivity index (χ4n) is 4.11. The van der Waals surface area contributed by atoms with E-state index in [0.717, 1.165) is 23.6 Å². The summed E-state index contributed by atoms with van der Waals surface area (Å²) < 4.78 is 33.2. The molecule has 2 atom stereocenters. The third-order valence-electron chi connectivity index (χ3n) is 5.89. The van der Waals surface area contributed by atoms with Crippen LogP contribution in [-0.4, -0.2) is 36.3 Å². The van der Waals surface area contributed by atoms with Crippen molar-refractivity contribution in [1.29, 1.82) is 0 Å². The molecule has 0 spiro atoms. The number of aliphatic hydroxyl groups excluding tert-OH is 1. The molecular formula is C29H34F2N2O3. The average molecular weight is 497 g/mol. The molecule has 3 rings (SSSR count). The monoisotopic (exact) mass is 496 g/mol. The Balaban J connectivity index is 1.69. The molecule has 0 saturated carbocycles. The molecule has 5 nitrogen and oxygen atoms in total. The van der Waals surface area contributed by atoms with Crippen LogP contribution in [0.5, 0.6) is 5.75 Å². The average Bonchev–Trinajstić information content (AvgIpc) is 2.84. The summed E-state index contributed by atoms with van der Waals surface area (Å²) in [4.78, 5) is 12.9. The maximum Gasteiger partial charge on any atom is 0.224 e. The summed E-state index contributed by atoms with van der Waals surface area (Å²) in [7, 11) is 0. The van der Waals surface area contributed by atoms with Crippen molar-refractivity contribution in [2.24, 2.45) is 0 Å². The molecule has 0 aliphatic rings. The third kappa shape index (κ3) is 8.43. The Bertz CT molecular complexity index is 1120. The highest BCUT2D eigenvalue weighted by atomic mass is 19.1. The first-order chi connectivity index (χ1) is 17.4. The molecular weight excluding hydrogens is 462 g/mol. The molecule has 7 heteroatoms. The Morgan fingerprint density at radius 1 is 0.944 bits per heavy atom. The van der Waals surface area contributed by atoms with E-state index in [1.54, 1.807) is 6.07 Å². The van der Waals surface area contributed by atoms with Gasteiger partial charge < -0.3 is 20.5 Å². The minimum Gasteiger partial charge on any atom is -0.494 e. The molecule has 36 heavy (non-hydrogen) atoms. The number of hydrogen-bond donors (Lipinski definition) is 3. The molecule has 0 aliphatic carbocycles. The summed E-state index contributed by atoms with van der Waals surface area (Å²) in [6.45, 7) is 5.16. The van der Waals surface area contributed by atoms with E-state index in [-0.39, 0.29) is 25.3 Å². The summed E-state index contributed by atoms with van der Waals surface area (Å²) >= 11 is 0. The molecule has 0 saturated heterocycles. The van der Waals surface area contributed by atoms with Crippen LogP contribution >= 0.6 is 0 Å². The van der Waals surface area contributed by atoms with E-state index in [1.165, 1.54) is 17.7 Å². The Morgan fingerprint density at radius 2 is 1.67 bits per heavy atom. The maximum atomic E-state index is 13.8. The van der Waals surface area contributed by atoms with Crippen LogP contribution in [0.1, 0.15) is 36.1 Å². The van der Waals surface area contributed by atoms with Gasteiger partial charge in [-0.25, -0.2) is 8.78 Å². The highest BCUT2D eigenvalue weighted by molar-refractivity contribution is 5.79. The largest absolute Gasteiger partial charge is 0.494 e. The molecule has 0 radical (unpaired) electrons. The standard InChI is InChI=1S/C29H34F2N2O3/c1-3-20-8-7-9-21(12-20)18-32-19-27(34)26(15-22-13-24(30)17-25(31)14-22)33-29(35)16-23-10-5-6-11-28(23)36-4-2/h5-14,17,26-27,32,34H,3-4,15-16,18-19H2,1-2H3,(H,33,35)/t26-,27+/m0/s1. The highest BCUT2D eigenvalue weighted by Crippen LogP contribution is 2.19. The van der Waals surface area contributed by atoms with Gasteiger partial charge in [0.2, 0.25) is 5.91 Å². The van der Waals surface area contributed by atoms with Crippen LogP contribution in [0.25, 0.3) is 0 Å². The minimum atomic E-state index is -0.989. The number of nitrogens with one attached hydrogen (secondary N) is 2. The summed E-state index contributed by atoms with van der Waals surface area (Å²) in [5, 5.41) is 17.0. The van der Waals surface area contributed by atoms with Gasteiger partial charge in [0.05, 0.1) is 25.2 Å². The fourth-order valence-corrected chi connectivity index (χ4v) is 4.11. The smallest absolute Gasteiger partial charge is 0.224 e. The molecule has 3 aromatic rings. The van der Waals surface area contributed by atoms with Gasteiger partial charge >= 0.3 is 0 Å². The van der Waals surface area contributed by atoms with E-state index < -0.39 is 23.8 Å². The first-order valence-corrected chi connectivity index (χ1v) is 12.3. The predicted octanol–water partition coefficient (Wildman–Crippen LogP) is 4.35. The molecule has 0 bridgehead atoms. The predicted molar refractivity (Wildman–Crippen MR) is 137 cm³/mol. The number of carbonyl (C=O) groups excluding carboxylic acids is 1. The molecule has 0 aliphatic heterocycles. The Hall–Kier alpha value is -3.29. The molecule has 1 amide bonds. The number of benzene rings is 3. The number of aryl methyl sites for hydroxylation is 1. The van der Waals surface area contributed by atoms with Gasteiger partial charge in [-0.3, -0.25) is 4.79 Å². The quantitative estimate of drug-likeness (QED) is 0.329. The van der Waals surface area contributed by atoms with Gasteiger partial charge in [0.25, 0.3) is 0 Å². The molecule has 0 aromatic heterocycles. The normalized spacial score (nSPS) is 12.7. The highest BCUT2D eigenvalue weighted by Gasteiger charge is 2.23. The van der Waals surface area contributed by atoms with Crippen LogP contribution in [0.2, 0.25) is 0 Å². The topological polar surface area (TPSA) is 70.6 Å². The third-order valence-corrected chi connectivity index (χ3v) is 5.89. The lowest BCUT2D eigenvalue weighted by molar-refractivity contribution is -0.122. The van der Waals surface area contributed by atoms with E-state index in [1.807, 2.05) is 37.3 Å². The summed E-state index contributed by atoms with van der Waals surface area (Å²) in [5.74, 6) is -1.11. The van der Waals surface area contributed by atoms with Crippen molar-refractivity contribution in [3.63, 3.8) is 0 Å². The van der Waals surface area contributed by atoms with Crippen molar-refractivity contribution < 1.29 is 23.4 Å². The van der Waals surface area contributed by atoms with E-state index in [2.05, 4.69) is 29.7 Å². The molecule has 3 N–H and O–H groups in total. The van der Waals surface area contributed by atoms with Gasteiger partial charge in [0.15, 0.2) is 0 Å².